The molecule has 1 heterocycles. The summed E-state index contributed by atoms with van der Waals surface area (Å²) in [7, 11) is 0. The van der Waals surface area contributed by atoms with Gasteiger partial charge >= 0.3 is 6.03 Å². The van der Waals surface area contributed by atoms with Gasteiger partial charge in [-0.05, 0) is 54.8 Å². The highest BCUT2D eigenvalue weighted by Crippen LogP contribution is 2.34. The molecule has 0 fully saturated rings. The van der Waals surface area contributed by atoms with Gasteiger partial charge in [-0.1, -0.05) is 30.3 Å². The van der Waals surface area contributed by atoms with Gasteiger partial charge in [-0.15, -0.1) is 0 Å². The smallest absolute Gasteiger partial charge is 0.319 e. The summed E-state index contributed by atoms with van der Waals surface area (Å²) in [6, 6.07) is 17.2. The van der Waals surface area contributed by atoms with Gasteiger partial charge in [0.2, 0.25) is 0 Å². The molecule has 7 heteroatoms. The van der Waals surface area contributed by atoms with Crippen molar-refractivity contribution < 1.29 is 18.4 Å². The topological polar surface area (TPSA) is 61.4 Å². The molecular formula is C24H21F2N3O2. The fourth-order valence-corrected chi connectivity index (χ4v) is 3.73. The lowest BCUT2D eigenvalue weighted by Gasteiger charge is -2.23. The van der Waals surface area contributed by atoms with Crippen molar-refractivity contribution >= 4 is 23.3 Å². The van der Waals surface area contributed by atoms with Gasteiger partial charge in [0, 0.05) is 29.9 Å². The standard InChI is InChI=1S/C24H21F2N3O2/c1-15-11-18-8-7-16(12-22(18)29(15)23(30)17-5-3-2-4-6-17)14-27-24(31)28-21-10-9-19(25)13-20(21)26/h2-10,12-13,15H,11,14H2,1H3,(H2,27,28,31)/t15-/m0/s1. The second kappa shape index (κ2) is 8.55. The Morgan fingerprint density at radius 1 is 1.03 bits per heavy atom. The first-order valence-corrected chi connectivity index (χ1v) is 9.92. The van der Waals surface area contributed by atoms with E-state index in [4.69, 9.17) is 0 Å². The average molecular weight is 421 g/mol. The molecule has 0 aliphatic carbocycles. The van der Waals surface area contributed by atoms with Crippen LogP contribution in [0.4, 0.5) is 25.0 Å². The van der Waals surface area contributed by atoms with Crippen LogP contribution in [-0.2, 0) is 13.0 Å². The van der Waals surface area contributed by atoms with Crippen LogP contribution in [-0.4, -0.2) is 18.0 Å². The molecule has 2 N–H and O–H groups in total. The Kier molecular flexibility index (Phi) is 5.66. The van der Waals surface area contributed by atoms with Crippen LogP contribution < -0.4 is 15.5 Å². The number of rotatable bonds is 4. The minimum absolute atomic E-state index is 0.0238. The zero-order chi connectivity index (χ0) is 22.0. The molecule has 1 atom stereocenters. The number of carbonyl (C=O) groups is 2. The third-order valence-corrected chi connectivity index (χ3v) is 5.24. The summed E-state index contributed by atoms with van der Waals surface area (Å²) in [6.07, 6.45) is 0.756. The molecule has 0 aromatic heterocycles. The number of fused-ring (bicyclic) bond motifs is 1. The first kappa shape index (κ1) is 20.5. The van der Waals surface area contributed by atoms with E-state index in [2.05, 4.69) is 10.6 Å². The molecule has 1 aliphatic heterocycles. The van der Waals surface area contributed by atoms with Crippen molar-refractivity contribution in [3.63, 3.8) is 0 Å². The Hall–Kier alpha value is -3.74. The lowest BCUT2D eigenvalue weighted by atomic mass is 10.1. The maximum atomic E-state index is 13.7. The third-order valence-electron chi connectivity index (χ3n) is 5.24. The fourth-order valence-electron chi connectivity index (χ4n) is 3.73. The van der Waals surface area contributed by atoms with Crippen LogP contribution in [0.2, 0.25) is 0 Å². The quantitative estimate of drug-likeness (QED) is 0.631. The molecule has 158 valence electrons. The van der Waals surface area contributed by atoms with Crippen LogP contribution in [0.5, 0.6) is 0 Å². The monoisotopic (exact) mass is 421 g/mol. The number of benzene rings is 3. The van der Waals surface area contributed by atoms with Crippen LogP contribution in [0.1, 0.15) is 28.4 Å². The number of hydrogen-bond acceptors (Lipinski definition) is 2. The predicted octanol–water partition coefficient (Wildman–Crippen LogP) is 4.88. The number of carbonyl (C=O) groups excluding carboxylic acids is 2. The minimum Gasteiger partial charge on any atom is -0.334 e. The Labute approximate surface area is 178 Å². The summed E-state index contributed by atoms with van der Waals surface area (Å²) in [5.74, 6) is -1.64. The molecule has 3 aromatic rings. The number of amides is 3. The number of urea groups is 1. The lowest BCUT2D eigenvalue weighted by Crippen LogP contribution is -2.35. The van der Waals surface area contributed by atoms with Crippen molar-refractivity contribution in [1.29, 1.82) is 0 Å². The van der Waals surface area contributed by atoms with Gasteiger partial charge < -0.3 is 15.5 Å². The first-order chi connectivity index (χ1) is 14.9. The largest absolute Gasteiger partial charge is 0.334 e. The molecule has 31 heavy (non-hydrogen) atoms. The van der Waals surface area contributed by atoms with Gasteiger partial charge in [0.05, 0.1) is 5.69 Å². The molecule has 0 radical (unpaired) electrons. The molecule has 1 aliphatic rings. The van der Waals surface area contributed by atoms with E-state index in [-0.39, 0.29) is 24.2 Å². The van der Waals surface area contributed by atoms with Crippen molar-refractivity contribution in [2.75, 3.05) is 10.2 Å². The molecule has 0 unspecified atom stereocenters. The molecule has 0 saturated carbocycles. The SMILES string of the molecule is C[C@H]1Cc2ccc(CNC(=O)Nc3ccc(F)cc3F)cc2N1C(=O)c1ccccc1. The van der Waals surface area contributed by atoms with Gasteiger partial charge in [0.1, 0.15) is 11.6 Å². The van der Waals surface area contributed by atoms with E-state index < -0.39 is 17.7 Å². The van der Waals surface area contributed by atoms with Gasteiger partial charge in [-0.2, -0.15) is 0 Å². The van der Waals surface area contributed by atoms with E-state index in [1.807, 2.05) is 43.3 Å². The predicted molar refractivity (Wildman–Crippen MR) is 115 cm³/mol. The van der Waals surface area contributed by atoms with Crippen molar-refractivity contribution in [3.05, 3.63) is 95.1 Å². The molecular weight excluding hydrogens is 400 g/mol. The Bertz CT molecular complexity index is 1130. The van der Waals surface area contributed by atoms with Gasteiger partial charge in [-0.3, -0.25) is 4.79 Å². The summed E-state index contributed by atoms with van der Waals surface area (Å²) in [5.41, 5.74) is 3.20. The zero-order valence-corrected chi connectivity index (χ0v) is 16.9. The maximum Gasteiger partial charge on any atom is 0.319 e. The first-order valence-electron chi connectivity index (χ1n) is 9.92. The normalized spacial score (nSPS) is 14.8. The number of nitrogens with one attached hydrogen (secondary N) is 2. The third kappa shape index (κ3) is 4.40. The van der Waals surface area contributed by atoms with Crippen molar-refractivity contribution in [3.8, 4) is 0 Å². The number of nitrogens with zero attached hydrogens (tertiary/aromatic N) is 1. The van der Waals surface area contributed by atoms with E-state index in [0.29, 0.717) is 11.6 Å². The fraction of sp³-hybridized carbons (Fsp3) is 0.167. The zero-order valence-electron chi connectivity index (χ0n) is 16.9. The van der Waals surface area contributed by atoms with E-state index in [0.717, 1.165) is 35.4 Å². The highest BCUT2D eigenvalue weighted by Gasteiger charge is 2.31. The highest BCUT2D eigenvalue weighted by atomic mass is 19.1. The van der Waals surface area contributed by atoms with Gasteiger partial charge in [0.25, 0.3) is 5.91 Å². The lowest BCUT2D eigenvalue weighted by molar-refractivity contribution is 0.0981. The van der Waals surface area contributed by atoms with Gasteiger partial charge in [-0.25, -0.2) is 13.6 Å². The Morgan fingerprint density at radius 2 is 1.81 bits per heavy atom. The number of halogens is 2. The molecule has 3 amide bonds. The van der Waals surface area contributed by atoms with Crippen LogP contribution >= 0.6 is 0 Å². The van der Waals surface area contributed by atoms with Crippen molar-refractivity contribution in [1.82, 2.24) is 5.32 Å². The maximum absolute atomic E-state index is 13.7. The summed E-state index contributed by atoms with van der Waals surface area (Å²) < 4.78 is 26.7. The van der Waals surface area contributed by atoms with E-state index in [1.54, 1.807) is 17.0 Å². The second-order valence-electron chi connectivity index (χ2n) is 7.49. The molecule has 5 nitrogen and oxygen atoms in total. The van der Waals surface area contributed by atoms with Gasteiger partial charge in [0.15, 0.2) is 0 Å². The van der Waals surface area contributed by atoms with Crippen LogP contribution in [0, 0.1) is 11.6 Å². The van der Waals surface area contributed by atoms with E-state index >= 15 is 0 Å². The van der Waals surface area contributed by atoms with Crippen LogP contribution in [0.15, 0.2) is 66.7 Å². The summed E-state index contributed by atoms with van der Waals surface area (Å²) in [5, 5.41) is 5.01. The second-order valence-corrected chi connectivity index (χ2v) is 7.49. The summed E-state index contributed by atoms with van der Waals surface area (Å²) in [6.45, 7) is 2.19. The molecule has 4 rings (SSSR count). The highest BCUT2D eigenvalue weighted by molar-refractivity contribution is 6.07. The summed E-state index contributed by atoms with van der Waals surface area (Å²) in [4.78, 5) is 26.9. The number of hydrogen-bond donors (Lipinski definition) is 2. The van der Waals surface area contributed by atoms with Crippen molar-refractivity contribution in [2.45, 2.75) is 25.9 Å². The van der Waals surface area contributed by atoms with E-state index in [1.165, 1.54) is 0 Å². The molecule has 0 spiro atoms. The van der Waals surface area contributed by atoms with Crippen LogP contribution in [0.3, 0.4) is 0 Å². The molecule has 0 saturated heterocycles. The van der Waals surface area contributed by atoms with E-state index in [9.17, 15) is 18.4 Å². The molecule has 0 bridgehead atoms. The Morgan fingerprint density at radius 3 is 2.55 bits per heavy atom. The number of anilines is 2. The Balaban J connectivity index is 1.46. The minimum atomic E-state index is -0.850. The van der Waals surface area contributed by atoms with Crippen LogP contribution in [0.25, 0.3) is 0 Å². The summed E-state index contributed by atoms with van der Waals surface area (Å²) >= 11 is 0. The van der Waals surface area contributed by atoms with Crippen molar-refractivity contribution in [2.24, 2.45) is 0 Å². The average Bonchev–Trinajstić information content (AvgIpc) is 3.09. The molecule has 3 aromatic carbocycles.